The second-order valence-corrected chi connectivity index (χ2v) is 8.32. The van der Waals surface area contributed by atoms with E-state index in [1.807, 2.05) is 60.4 Å². The summed E-state index contributed by atoms with van der Waals surface area (Å²) >= 11 is 0. The zero-order valence-corrected chi connectivity index (χ0v) is 18.8. The number of aryl methyl sites for hydroxylation is 1. The fourth-order valence-electron chi connectivity index (χ4n) is 4.63. The number of nitrogens with one attached hydrogen (secondary N) is 1. The molecule has 1 aliphatic rings. The van der Waals surface area contributed by atoms with Crippen molar-refractivity contribution in [3.05, 3.63) is 108 Å². The lowest BCUT2D eigenvalue weighted by Gasteiger charge is -2.38. The Hall–Kier alpha value is -3.79. The molecule has 4 aromatic rings. The monoisotopic (exact) mass is 436 g/mol. The van der Waals surface area contributed by atoms with Crippen molar-refractivity contribution in [2.75, 3.05) is 18.5 Å². The molecule has 0 aromatic heterocycles. The van der Waals surface area contributed by atoms with Crippen molar-refractivity contribution >= 4 is 22.4 Å². The molecule has 0 saturated heterocycles. The van der Waals surface area contributed by atoms with Gasteiger partial charge in [-0.1, -0.05) is 72.8 Å². The minimum Gasteiger partial charge on any atom is -0.493 e. The van der Waals surface area contributed by atoms with Gasteiger partial charge in [0.25, 0.3) is 5.91 Å². The molecule has 1 unspecified atom stereocenters. The molecule has 33 heavy (non-hydrogen) atoms. The summed E-state index contributed by atoms with van der Waals surface area (Å²) in [5.41, 5.74) is 3.90. The van der Waals surface area contributed by atoms with Crippen LogP contribution in [0.4, 0.5) is 5.69 Å². The summed E-state index contributed by atoms with van der Waals surface area (Å²) < 4.78 is 6.36. The van der Waals surface area contributed by atoms with E-state index in [9.17, 15) is 4.79 Å². The van der Waals surface area contributed by atoms with E-state index in [1.165, 1.54) is 5.56 Å². The molecule has 0 bridgehead atoms. The molecule has 1 N–H and O–H groups in total. The van der Waals surface area contributed by atoms with Crippen LogP contribution >= 0.6 is 0 Å². The first-order valence-electron chi connectivity index (χ1n) is 11.6. The first kappa shape index (κ1) is 21.1. The summed E-state index contributed by atoms with van der Waals surface area (Å²) in [6.07, 6.45) is 1.60. The highest BCUT2D eigenvalue weighted by atomic mass is 16.5. The Morgan fingerprint density at radius 3 is 2.48 bits per heavy atom. The zero-order valence-electron chi connectivity index (χ0n) is 18.8. The number of amides is 1. The van der Waals surface area contributed by atoms with Gasteiger partial charge in [0.15, 0.2) is 0 Å². The van der Waals surface area contributed by atoms with Crippen molar-refractivity contribution < 1.29 is 9.53 Å². The second kappa shape index (κ2) is 9.37. The fraction of sp³-hybridized carbons (Fsp3) is 0.207. The molecule has 4 nitrogen and oxygen atoms in total. The smallest absolute Gasteiger partial charge is 0.257 e. The zero-order chi connectivity index (χ0) is 22.6. The molecular weight excluding hydrogens is 408 g/mol. The highest BCUT2D eigenvalue weighted by Crippen LogP contribution is 2.40. The van der Waals surface area contributed by atoms with Gasteiger partial charge in [-0.25, -0.2) is 0 Å². The Labute approximate surface area is 194 Å². The van der Waals surface area contributed by atoms with Crippen molar-refractivity contribution in [2.45, 2.75) is 25.9 Å². The molecule has 1 amide bonds. The third kappa shape index (κ3) is 4.17. The van der Waals surface area contributed by atoms with Gasteiger partial charge in [0.1, 0.15) is 11.9 Å². The third-order valence-corrected chi connectivity index (χ3v) is 6.28. The highest BCUT2D eigenvalue weighted by molar-refractivity contribution is 6.02. The number of hydrogen-bond donors (Lipinski definition) is 1. The molecule has 4 aromatic carbocycles. The highest BCUT2D eigenvalue weighted by Gasteiger charge is 2.34. The number of hydrogen-bond acceptors (Lipinski definition) is 3. The van der Waals surface area contributed by atoms with Crippen LogP contribution in [0.25, 0.3) is 10.8 Å². The summed E-state index contributed by atoms with van der Waals surface area (Å²) in [4.78, 5) is 15.2. The standard InChI is InChI=1S/C29H28N2O2/c1-2-31-28(30-25-17-9-8-16-24(25)29(31)32)27-23-15-7-6-14-22(23)18-19-26(27)33-20-10-13-21-11-4-3-5-12-21/h3-9,11-12,14-19,28,30H,2,10,13,20H2,1H3. The van der Waals surface area contributed by atoms with E-state index in [1.54, 1.807) is 0 Å². The quantitative estimate of drug-likeness (QED) is 0.339. The van der Waals surface area contributed by atoms with Crippen LogP contribution < -0.4 is 10.1 Å². The van der Waals surface area contributed by atoms with Crippen LogP contribution in [0, 0.1) is 0 Å². The van der Waals surface area contributed by atoms with Crippen LogP contribution in [-0.4, -0.2) is 24.0 Å². The topological polar surface area (TPSA) is 41.6 Å². The third-order valence-electron chi connectivity index (χ3n) is 6.28. The maximum Gasteiger partial charge on any atom is 0.257 e. The molecular formula is C29H28N2O2. The average molecular weight is 437 g/mol. The Bertz CT molecular complexity index is 1270. The van der Waals surface area contributed by atoms with Crippen molar-refractivity contribution in [1.29, 1.82) is 0 Å². The summed E-state index contributed by atoms with van der Waals surface area (Å²) in [5.74, 6) is 0.865. The van der Waals surface area contributed by atoms with E-state index in [0.717, 1.165) is 40.6 Å². The van der Waals surface area contributed by atoms with E-state index in [2.05, 4.69) is 47.8 Å². The predicted octanol–water partition coefficient (Wildman–Crippen LogP) is 6.44. The number of fused-ring (bicyclic) bond motifs is 2. The molecule has 0 saturated carbocycles. The lowest BCUT2D eigenvalue weighted by atomic mass is 9.97. The maximum absolute atomic E-state index is 13.3. The van der Waals surface area contributed by atoms with E-state index < -0.39 is 0 Å². The maximum atomic E-state index is 13.3. The van der Waals surface area contributed by atoms with Crippen LogP contribution in [-0.2, 0) is 6.42 Å². The number of rotatable bonds is 7. The van der Waals surface area contributed by atoms with Crippen molar-refractivity contribution in [3.8, 4) is 5.75 Å². The number of para-hydroxylation sites is 1. The first-order chi connectivity index (χ1) is 16.3. The lowest BCUT2D eigenvalue weighted by Crippen LogP contribution is -2.43. The van der Waals surface area contributed by atoms with Gasteiger partial charge in [-0.05, 0) is 54.3 Å². The Kier molecular flexibility index (Phi) is 5.99. The van der Waals surface area contributed by atoms with Crippen molar-refractivity contribution in [1.82, 2.24) is 4.90 Å². The average Bonchev–Trinajstić information content (AvgIpc) is 2.87. The van der Waals surface area contributed by atoms with Gasteiger partial charge < -0.3 is 15.0 Å². The van der Waals surface area contributed by atoms with E-state index >= 15 is 0 Å². The van der Waals surface area contributed by atoms with Crippen LogP contribution in [0.1, 0.15) is 41.0 Å². The van der Waals surface area contributed by atoms with Gasteiger partial charge in [-0.3, -0.25) is 4.79 Å². The number of carbonyl (C=O) groups is 1. The van der Waals surface area contributed by atoms with Gasteiger partial charge in [-0.2, -0.15) is 0 Å². The molecule has 0 radical (unpaired) electrons. The Morgan fingerprint density at radius 1 is 0.879 bits per heavy atom. The minimum absolute atomic E-state index is 0.0415. The normalized spacial score (nSPS) is 15.2. The first-order valence-corrected chi connectivity index (χ1v) is 11.6. The number of carbonyl (C=O) groups excluding carboxylic acids is 1. The van der Waals surface area contributed by atoms with E-state index in [4.69, 9.17) is 4.74 Å². The summed E-state index contributed by atoms with van der Waals surface area (Å²) in [5, 5.41) is 5.85. The van der Waals surface area contributed by atoms with Gasteiger partial charge in [0, 0.05) is 17.8 Å². The predicted molar refractivity (Wildman–Crippen MR) is 134 cm³/mol. The van der Waals surface area contributed by atoms with Crippen LogP contribution in [0.15, 0.2) is 91.0 Å². The number of ether oxygens (including phenoxy) is 1. The van der Waals surface area contributed by atoms with Gasteiger partial charge in [0.05, 0.1) is 12.2 Å². The van der Waals surface area contributed by atoms with Crippen LogP contribution in [0.2, 0.25) is 0 Å². The van der Waals surface area contributed by atoms with Gasteiger partial charge in [-0.15, -0.1) is 0 Å². The molecule has 0 aliphatic carbocycles. The Balaban J connectivity index is 1.49. The minimum atomic E-state index is -0.298. The number of nitrogens with zero attached hydrogens (tertiary/aromatic N) is 1. The fourth-order valence-corrected chi connectivity index (χ4v) is 4.63. The molecule has 166 valence electrons. The van der Waals surface area contributed by atoms with Gasteiger partial charge in [0.2, 0.25) is 0 Å². The van der Waals surface area contributed by atoms with Crippen molar-refractivity contribution in [3.63, 3.8) is 0 Å². The molecule has 5 rings (SSSR count). The molecule has 1 heterocycles. The summed E-state index contributed by atoms with van der Waals surface area (Å²) in [6, 6.07) is 30.6. The van der Waals surface area contributed by atoms with Crippen molar-refractivity contribution in [2.24, 2.45) is 0 Å². The summed E-state index contributed by atoms with van der Waals surface area (Å²) in [6.45, 7) is 3.23. The molecule has 0 fully saturated rings. The lowest BCUT2D eigenvalue weighted by molar-refractivity contribution is 0.0693. The SMILES string of the molecule is CCN1C(=O)c2ccccc2NC1c1c(OCCCc2ccccc2)ccc2ccccc12. The molecule has 4 heteroatoms. The van der Waals surface area contributed by atoms with Gasteiger partial charge >= 0.3 is 0 Å². The number of anilines is 1. The van der Waals surface area contributed by atoms with E-state index in [-0.39, 0.29) is 12.1 Å². The summed E-state index contributed by atoms with van der Waals surface area (Å²) in [7, 11) is 0. The second-order valence-electron chi connectivity index (χ2n) is 8.32. The number of benzene rings is 4. The van der Waals surface area contributed by atoms with Crippen LogP contribution in [0.5, 0.6) is 5.75 Å². The van der Waals surface area contributed by atoms with Crippen LogP contribution in [0.3, 0.4) is 0 Å². The molecule has 1 atom stereocenters. The molecule has 1 aliphatic heterocycles. The molecule has 0 spiro atoms. The van der Waals surface area contributed by atoms with E-state index in [0.29, 0.717) is 18.7 Å². The largest absolute Gasteiger partial charge is 0.493 e. The Morgan fingerprint density at radius 2 is 1.64 bits per heavy atom.